The predicted molar refractivity (Wildman–Crippen MR) is 77.2 cm³/mol. The summed E-state index contributed by atoms with van der Waals surface area (Å²) >= 11 is 0. The molecule has 0 saturated carbocycles. The fourth-order valence-corrected chi connectivity index (χ4v) is 1.92. The number of anilines is 1. The highest BCUT2D eigenvalue weighted by Gasteiger charge is 2.09. The second-order valence-corrected chi connectivity index (χ2v) is 4.76. The lowest BCUT2D eigenvalue weighted by atomic mass is 10.1. The van der Waals surface area contributed by atoms with Gasteiger partial charge in [0.2, 0.25) is 0 Å². The molecule has 1 unspecified atom stereocenters. The van der Waals surface area contributed by atoms with Crippen LogP contribution in [-0.4, -0.2) is 15.6 Å². The van der Waals surface area contributed by atoms with Crippen molar-refractivity contribution in [3.63, 3.8) is 0 Å². The normalized spacial score (nSPS) is 12.4. The average Bonchev–Trinajstić information content (AvgIpc) is 2.38. The first-order chi connectivity index (χ1) is 9.08. The minimum atomic E-state index is -0.247. The molecule has 0 amide bonds. The van der Waals surface area contributed by atoms with Crippen LogP contribution in [0.4, 0.5) is 5.69 Å². The molecule has 0 saturated heterocycles. The Hall–Kier alpha value is -2.10. The van der Waals surface area contributed by atoms with Crippen molar-refractivity contribution in [1.29, 1.82) is 0 Å². The second-order valence-electron chi connectivity index (χ2n) is 4.76. The molecule has 19 heavy (non-hydrogen) atoms. The van der Waals surface area contributed by atoms with Crippen molar-refractivity contribution in [1.82, 2.24) is 9.55 Å². The molecule has 0 fully saturated rings. The van der Waals surface area contributed by atoms with Gasteiger partial charge >= 0.3 is 0 Å². The van der Waals surface area contributed by atoms with Gasteiger partial charge < -0.3 is 9.88 Å². The van der Waals surface area contributed by atoms with E-state index in [4.69, 9.17) is 0 Å². The van der Waals surface area contributed by atoms with Gasteiger partial charge in [0, 0.05) is 36.4 Å². The zero-order valence-electron chi connectivity index (χ0n) is 11.2. The van der Waals surface area contributed by atoms with Crippen molar-refractivity contribution in [2.45, 2.75) is 25.9 Å². The van der Waals surface area contributed by atoms with Crippen LogP contribution in [-0.2, 0) is 0 Å². The first-order valence-electron chi connectivity index (χ1n) is 6.29. The quantitative estimate of drug-likeness (QED) is 0.914. The minimum Gasteiger partial charge on any atom is -0.383 e. The van der Waals surface area contributed by atoms with Crippen LogP contribution in [0, 0.1) is 6.92 Å². The fraction of sp³-hybridized carbons (Fsp3) is 0.267. The Morgan fingerprint density at radius 3 is 2.53 bits per heavy atom. The number of hydrogen-bond acceptors (Lipinski definition) is 3. The lowest BCUT2D eigenvalue weighted by Crippen LogP contribution is -2.24. The molecular weight excluding hydrogens is 238 g/mol. The van der Waals surface area contributed by atoms with Crippen molar-refractivity contribution >= 4 is 5.69 Å². The van der Waals surface area contributed by atoms with Crippen LogP contribution in [0.5, 0.6) is 0 Å². The molecule has 0 spiro atoms. The van der Waals surface area contributed by atoms with Crippen LogP contribution in [0.3, 0.4) is 0 Å². The average molecular weight is 256 g/mol. The van der Waals surface area contributed by atoms with Gasteiger partial charge in [0.1, 0.15) is 0 Å². The highest BCUT2D eigenvalue weighted by Crippen LogP contribution is 2.15. The van der Waals surface area contributed by atoms with Crippen molar-refractivity contribution in [3.05, 3.63) is 65.7 Å². The van der Waals surface area contributed by atoms with E-state index < -0.39 is 0 Å². The van der Waals surface area contributed by atoms with Crippen LogP contribution in [0.1, 0.15) is 25.5 Å². The van der Waals surface area contributed by atoms with E-state index in [1.807, 2.05) is 32.0 Å². The van der Waals surface area contributed by atoms with Crippen molar-refractivity contribution < 1.29 is 0 Å². The first kappa shape index (κ1) is 13.3. The number of rotatable bonds is 4. The third-order valence-electron chi connectivity index (χ3n) is 2.83. The summed E-state index contributed by atoms with van der Waals surface area (Å²) in [5, 5.41) is 3.21. The molecule has 0 aliphatic rings. The van der Waals surface area contributed by atoms with Gasteiger partial charge in [-0.25, -0.2) is 0 Å². The van der Waals surface area contributed by atoms with E-state index in [-0.39, 0.29) is 11.6 Å². The van der Waals surface area contributed by atoms with E-state index in [1.165, 1.54) is 0 Å². The summed E-state index contributed by atoms with van der Waals surface area (Å²) in [4.78, 5) is 16.1. The van der Waals surface area contributed by atoms with Crippen LogP contribution < -0.4 is 10.9 Å². The third-order valence-corrected chi connectivity index (χ3v) is 2.83. The standard InChI is InChI=1S/C15H18N3O/c1-11(2)17-14-6-9-18(15(19)10-14)12(3)13-4-7-16-8-5-13/h4-12,17H,3H2,1-2H3. The van der Waals surface area contributed by atoms with Crippen LogP contribution in [0.2, 0.25) is 0 Å². The maximum absolute atomic E-state index is 12.1. The van der Waals surface area contributed by atoms with E-state index >= 15 is 0 Å². The Bertz CT molecular complexity index is 590. The molecule has 99 valence electrons. The topological polar surface area (TPSA) is 46.9 Å². The fourth-order valence-electron chi connectivity index (χ4n) is 1.92. The molecule has 2 rings (SSSR count). The van der Waals surface area contributed by atoms with Crippen LogP contribution in [0.25, 0.3) is 0 Å². The number of nitrogens with one attached hydrogen (secondary N) is 1. The summed E-state index contributed by atoms with van der Waals surface area (Å²) in [5.41, 5.74) is 1.72. The second kappa shape index (κ2) is 5.69. The van der Waals surface area contributed by atoms with Gasteiger partial charge in [-0.3, -0.25) is 9.78 Å². The maximum Gasteiger partial charge on any atom is 0.253 e. The Labute approximate surface area is 113 Å². The molecular formula is C15H18N3O. The molecule has 2 heterocycles. The van der Waals surface area contributed by atoms with Gasteiger partial charge in [-0.05, 0) is 44.5 Å². The van der Waals surface area contributed by atoms with Gasteiger partial charge in [0.15, 0.2) is 0 Å². The number of aromatic nitrogens is 2. The molecule has 4 heteroatoms. The zero-order chi connectivity index (χ0) is 13.8. The third kappa shape index (κ3) is 3.22. The van der Waals surface area contributed by atoms with Crippen LogP contribution >= 0.6 is 0 Å². The van der Waals surface area contributed by atoms with Crippen molar-refractivity contribution in [2.75, 3.05) is 5.32 Å². The SMILES string of the molecule is [CH2]C(c1ccncc1)n1ccc(NC(C)C)cc1=O. The summed E-state index contributed by atoms with van der Waals surface area (Å²) in [6, 6.07) is 7.27. The summed E-state index contributed by atoms with van der Waals surface area (Å²) < 4.78 is 1.61. The predicted octanol–water partition coefficient (Wildman–Crippen LogP) is 2.49. The Kier molecular flexibility index (Phi) is 4.00. The number of hydrogen-bond donors (Lipinski definition) is 1. The summed E-state index contributed by atoms with van der Waals surface area (Å²) in [5.74, 6) is 0. The molecule has 0 aliphatic heterocycles. The first-order valence-corrected chi connectivity index (χ1v) is 6.29. The summed E-state index contributed by atoms with van der Waals surface area (Å²) in [6.07, 6.45) is 5.17. The van der Waals surface area contributed by atoms with Gasteiger partial charge in [0.25, 0.3) is 5.56 Å². The summed E-state index contributed by atoms with van der Waals surface area (Å²) in [6.45, 7) is 8.11. The van der Waals surface area contributed by atoms with Gasteiger partial charge in [-0.1, -0.05) is 0 Å². The van der Waals surface area contributed by atoms with Gasteiger partial charge in [-0.2, -0.15) is 0 Å². The molecule has 0 aliphatic carbocycles. The monoisotopic (exact) mass is 256 g/mol. The molecule has 4 nitrogen and oxygen atoms in total. The van der Waals surface area contributed by atoms with Crippen LogP contribution in [0.15, 0.2) is 47.7 Å². The lowest BCUT2D eigenvalue weighted by molar-refractivity contribution is 0.665. The molecule has 1 radical (unpaired) electrons. The van der Waals surface area contributed by atoms with E-state index in [0.717, 1.165) is 11.3 Å². The minimum absolute atomic E-state index is 0.0672. The largest absolute Gasteiger partial charge is 0.383 e. The number of pyridine rings is 2. The highest BCUT2D eigenvalue weighted by atomic mass is 16.1. The Morgan fingerprint density at radius 1 is 1.26 bits per heavy atom. The van der Waals surface area contributed by atoms with Gasteiger partial charge in [-0.15, -0.1) is 0 Å². The molecule has 2 aromatic heterocycles. The molecule has 0 bridgehead atoms. The number of nitrogens with zero attached hydrogens (tertiary/aromatic N) is 2. The molecule has 2 aromatic rings. The van der Waals surface area contributed by atoms with Crippen molar-refractivity contribution in [2.24, 2.45) is 0 Å². The molecule has 1 N–H and O–H groups in total. The summed E-state index contributed by atoms with van der Waals surface area (Å²) in [7, 11) is 0. The lowest BCUT2D eigenvalue weighted by Gasteiger charge is -2.16. The Morgan fingerprint density at radius 2 is 1.95 bits per heavy atom. The smallest absolute Gasteiger partial charge is 0.253 e. The van der Waals surface area contributed by atoms with Gasteiger partial charge in [0.05, 0.1) is 6.04 Å². The Balaban J connectivity index is 2.29. The van der Waals surface area contributed by atoms with E-state index in [9.17, 15) is 4.79 Å². The van der Waals surface area contributed by atoms with E-state index in [0.29, 0.717) is 6.04 Å². The highest BCUT2D eigenvalue weighted by molar-refractivity contribution is 5.42. The van der Waals surface area contributed by atoms with Crippen molar-refractivity contribution in [3.8, 4) is 0 Å². The zero-order valence-corrected chi connectivity index (χ0v) is 11.2. The van der Waals surface area contributed by atoms with E-state index in [1.54, 1.807) is 29.2 Å². The molecule has 0 aromatic carbocycles. The van der Waals surface area contributed by atoms with E-state index in [2.05, 4.69) is 17.2 Å². The molecule has 1 atom stereocenters. The maximum atomic E-state index is 12.1.